The van der Waals surface area contributed by atoms with Crippen LogP contribution in [0.25, 0.3) is 5.69 Å². The molecular weight excluding hydrogens is 378 g/mol. The summed E-state index contributed by atoms with van der Waals surface area (Å²) in [4.78, 5) is 17.9. The lowest BCUT2D eigenvalue weighted by Crippen LogP contribution is -2.39. The summed E-state index contributed by atoms with van der Waals surface area (Å²) in [5, 5.41) is 15.4. The summed E-state index contributed by atoms with van der Waals surface area (Å²) in [5.41, 5.74) is 2.75. The van der Waals surface area contributed by atoms with Crippen LogP contribution in [0.15, 0.2) is 59.6 Å². The molecule has 1 aliphatic heterocycles. The van der Waals surface area contributed by atoms with Crippen molar-refractivity contribution in [1.82, 2.24) is 25.1 Å². The summed E-state index contributed by atoms with van der Waals surface area (Å²) < 4.78 is 1.57. The molecule has 4 heterocycles. The summed E-state index contributed by atoms with van der Waals surface area (Å²) >= 11 is 3.48. The van der Waals surface area contributed by atoms with Gasteiger partial charge < -0.3 is 4.90 Å². The van der Waals surface area contributed by atoms with Gasteiger partial charge in [0.2, 0.25) is 0 Å². The molecule has 1 amide bonds. The lowest BCUT2D eigenvalue weighted by atomic mass is 9.97. The van der Waals surface area contributed by atoms with Crippen molar-refractivity contribution in [3.8, 4) is 5.69 Å². The highest BCUT2D eigenvalue weighted by Gasteiger charge is 2.33. The van der Waals surface area contributed by atoms with E-state index < -0.39 is 0 Å². The highest BCUT2D eigenvalue weighted by Crippen LogP contribution is 2.40. The predicted molar refractivity (Wildman–Crippen MR) is 104 cm³/mol. The van der Waals surface area contributed by atoms with E-state index in [4.69, 9.17) is 0 Å². The fraction of sp³-hybridized carbons (Fsp3) is 0.158. The van der Waals surface area contributed by atoms with Gasteiger partial charge in [-0.1, -0.05) is 6.07 Å². The molecule has 5 rings (SSSR count). The molecule has 1 atom stereocenters. The molecule has 3 aromatic heterocycles. The number of carbonyl (C=O) groups is 1. The molecule has 4 aromatic rings. The number of aromatic nitrogens is 4. The van der Waals surface area contributed by atoms with Crippen LogP contribution in [0.2, 0.25) is 0 Å². The molecular formula is C19H15N5OS2. The van der Waals surface area contributed by atoms with E-state index in [1.807, 2.05) is 35.2 Å². The number of amides is 1. The maximum absolute atomic E-state index is 13.3. The first-order valence-electron chi connectivity index (χ1n) is 8.55. The number of nitrogens with zero attached hydrogens (tertiary/aromatic N) is 5. The third-order valence-corrected chi connectivity index (χ3v) is 6.69. The first-order valence-corrected chi connectivity index (χ1v) is 10.3. The van der Waals surface area contributed by atoms with Crippen LogP contribution in [-0.4, -0.2) is 37.6 Å². The second-order valence-corrected chi connectivity index (χ2v) is 8.25. The van der Waals surface area contributed by atoms with Gasteiger partial charge in [0.05, 0.1) is 11.7 Å². The molecule has 6 nitrogen and oxygen atoms in total. The first-order chi connectivity index (χ1) is 13.3. The van der Waals surface area contributed by atoms with Gasteiger partial charge in [-0.25, -0.2) is 4.68 Å². The van der Waals surface area contributed by atoms with E-state index in [9.17, 15) is 4.79 Å². The van der Waals surface area contributed by atoms with E-state index >= 15 is 0 Å². The third kappa shape index (κ3) is 2.87. The Balaban J connectivity index is 1.48. The van der Waals surface area contributed by atoms with Crippen molar-refractivity contribution in [3.05, 3.63) is 80.4 Å². The van der Waals surface area contributed by atoms with Crippen molar-refractivity contribution in [2.75, 3.05) is 6.54 Å². The Morgan fingerprint density at radius 1 is 1.07 bits per heavy atom. The smallest absolute Gasteiger partial charge is 0.254 e. The van der Waals surface area contributed by atoms with Crippen LogP contribution in [0, 0.1) is 0 Å². The van der Waals surface area contributed by atoms with Gasteiger partial charge in [-0.15, -0.1) is 27.8 Å². The van der Waals surface area contributed by atoms with Crippen molar-refractivity contribution in [3.63, 3.8) is 0 Å². The molecule has 0 bridgehead atoms. The number of thiophene rings is 2. The molecule has 134 valence electrons. The van der Waals surface area contributed by atoms with Crippen molar-refractivity contribution in [2.24, 2.45) is 0 Å². The van der Waals surface area contributed by atoms with Gasteiger partial charge in [-0.05, 0) is 69.6 Å². The van der Waals surface area contributed by atoms with Crippen LogP contribution in [0.5, 0.6) is 0 Å². The van der Waals surface area contributed by atoms with E-state index in [2.05, 4.69) is 38.4 Å². The van der Waals surface area contributed by atoms with Gasteiger partial charge in [-0.3, -0.25) is 4.79 Å². The van der Waals surface area contributed by atoms with Gasteiger partial charge in [0, 0.05) is 21.9 Å². The number of tetrazole rings is 1. The van der Waals surface area contributed by atoms with E-state index in [0.717, 1.165) is 18.7 Å². The summed E-state index contributed by atoms with van der Waals surface area (Å²) in [7, 11) is 0. The lowest BCUT2D eigenvalue weighted by Gasteiger charge is -2.35. The quantitative estimate of drug-likeness (QED) is 0.534. The van der Waals surface area contributed by atoms with Gasteiger partial charge in [0.15, 0.2) is 0 Å². The van der Waals surface area contributed by atoms with Crippen molar-refractivity contribution in [2.45, 2.75) is 12.5 Å². The van der Waals surface area contributed by atoms with Gasteiger partial charge in [0.25, 0.3) is 5.91 Å². The number of benzene rings is 1. The Morgan fingerprint density at radius 3 is 2.70 bits per heavy atom. The summed E-state index contributed by atoms with van der Waals surface area (Å²) in [5.74, 6) is 0.0496. The minimum absolute atomic E-state index is 0.00769. The van der Waals surface area contributed by atoms with Gasteiger partial charge in [0.1, 0.15) is 6.33 Å². The van der Waals surface area contributed by atoms with Crippen molar-refractivity contribution < 1.29 is 4.79 Å². The molecule has 8 heteroatoms. The highest BCUT2D eigenvalue weighted by molar-refractivity contribution is 7.10. The van der Waals surface area contributed by atoms with E-state index in [1.165, 1.54) is 21.6 Å². The summed E-state index contributed by atoms with van der Waals surface area (Å²) in [6.07, 6.45) is 2.44. The molecule has 0 saturated carbocycles. The molecule has 0 spiro atoms. The Bertz CT molecular complexity index is 1050. The van der Waals surface area contributed by atoms with Crippen LogP contribution in [0.1, 0.15) is 31.7 Å². The molecule has 1 unspecified atom stereocenters. The van der Waals surface area contributed by atoms with Crippen LogP contribution in [-0.2, 0) is 6.42 Å². The fourth-order valence-corrected chi connectivity index (χ4v) is 5.25. The summed E-state index contributed by atoms with van der Waals surface area (Å²) in [6.45, 7) is 0.726. The number of fused-ring (bicyclic) bond motifs is 1. The highest BCUT2D eigenvalue weighted by atomic mass is 32.1. The lowest BCUT2D eigenvalue weighted by molar-refractivity contribution is 0.0699. The Hall–Kier alpha value is -2.84. The normalized spacial score (nSPS) is 16.3. The average Bonchev–Trinajstić information content (AvgIpc) is 3.49. The largest absolute Gasteiger partial charge is 0.326 e. The van der Waals surface area contributed by atoms with Crippen LogP contribution in [0.4, 0.5) is 0 Å². The van der Waals surface area contributed by atoms with Crippen LogP contribution in [0.3, 0.4) is 0 Å². The predicted octanol–water partition coefficient (Wildman–Crippen LogP) is 3.57. The topological polar surface area (TPSA) is 63.9 Å². The Labute approximate surface area is 163 Å². The zero-order valence-electron chi connectivity index (χ0n) is 14.2. The standard InChI is InChI=1S/C19H15N5OS2/c25-19(13-3-5-14(6-4-13)24-12-20-21-22-24)23-9-7-16-15(8-11-27-16)18(23)17-2-1-10-26-17/h1-6,8,10-12,18H,7,9H2. The average molecular weight is 393 g/mol. The number of hydrogen-bond donors (Lipinski definition) is 0. The second-order valence-electron chi connectivity index (χ2n) is 6.27. The summed E-state index contributed by atoms with van der Waals surface area (Å²) in [6, 6.07) is 13.7. The minimum atomic E-state index is -0.00769. The molecule has 0 saturated heterocycles. The van der Waals surface area contributed by atoms with Crippen LogP contribution < -0.4 is 0 Å². The van der Waals surface area contributed by atoms with E-state index in [1.54, 1.807) is 27.4 Å². The van der Waals surface area contributed by atoms with Gasteiger partial charge in [-0.2, -0.15) is 0 Å². The van der Waals surface area contributed by atoms with Crippen molar-refractivity contribution in [1.29, 1.82) is 0 Å². The van der Waals surface area contributed by atoms with Crippen molar-refractivity contribution >= 4 is 28.6 Å². The molecule has 0 aliphatic carbocycles. The van der Waals surface area contributed by atoms with Crippen LogP contribution >= 0.6 is 22.7 Å². The molecule has 0 fully saturated rings. The van der Waals surface area contributed by atoms with Gasteiger partial charge >= 0.3 is 0 Å². The molecule has 0 N–H and O–H groups in total. The minimum Gasteiger partial charge on any atom is -0.326 e. The zero-order valence-corrected chi connectivity index (χ0v) is 15.9. The maximum Gasteiger partial charge on any atom is 0.254 e. The zero-order chi connectivity index (χ0) is 18.2. The Kier molecular flexibility index (Phi) is 4.06. The Morgan fingerprint density at radius 2 is 1.96 bits per heavy atom. The second kappa shape index (κ2) is 6.71. The molecule has 1 aliphatic rings. The number of rotatable bonds is 3. The molecule has 27 heavy (non-hydrogen) atoms. The third-order valence-electron chi connectivity index (χ3n) is 4.77. The molecule has 0 radical (unpaired) electrons. The maximum atomic E-state index is 13.3. The first kappa shape index (κ1) is 16.3. The number of carbonyl (C=O) groups excluding carboxylic acids is 1. The number of hydrogen-bond acceptors (Lipinski definition) is 6. The molecule has 1 aromatic carbocycles. The van der Waals surface area contributed by atoms with E-state index in [-0.39, 0.29) is 11.9 Å². The fourth-order valence-electron chi connectivity index (χ4n) is 3.49. The SMILES string of the molecule is O=C(c1ccc(-n2cnnn2)cc1)N1CCc2sccc2C1c1cccs1. The van der Waals surface area contributed by atoms with E-state index in [0.29, 0.717) is 5.56 Å². The monoisotopic (exact) mass is 393 g/mol.